The zero-order chi connectivity index (χ0) is 24.7. The summed E-state index contributed by atoms with van der Waals surface area (Å²) in [6.07, 6.45) is -1.27. The molecule has 0 unspecified atom stereocenters. The van der Waals surface area contributed by atoms with E-state index in [2.05, 4.69) is 46.9 Å². The largest absolute Gasteiger partial charge is 0.517 e. The maximum atomic E-state index is 13.5. The van der Waals surface area contributed by atoms with Gasteiger partial charge < -0.3 is 19.2 Å². The van der Waals surface area contributed by atoms with E-state index in [1.807, 2.05) is 51.1 Å². The molecule has 0 radical (unpaired) electrons. The Balaban J connectivity index is 3.08. The maximum absolute atomic E-state index is 13.5. The molecule has 0 heterocycles. The minimum Gasteiger partial charge on any atom is -0.517 e. The highest BCUT2D eigenvalue weighted by molar-refractivity contribution is 6.79. The highest BCUT2D eigenvalue weighted by Crippen LogP contribution is 2.42. The van der Waals surface area contributed by atoms with E-state index in [0.717, 1.165) is 5.56 Å². The third kappa shape index (κ3) is 7.92. The molecule has 182 valence electrons. The predicted octanol–water partition coefficient (Wildman–Crippen LogP) is 6.20. The topological polar surface area (TPSA) is 73.9 Å². The Labute approximate surface area is 195 Å². The van der Waals surface area contributed by atoms with Crippen LogP contribution in [0.4, 0.5) is 4.79 Å². The molecule has 0 aliphatic heterocycles. The maximum Gasteiger partial charge on any atom is 0.408 e. The normalized spacial score (nSPS) is 14.4. The highest BCUT2D eigenvalue weighted by atomic mass is 28.4. The Morgan fingerprint density at radius 1 is 0.906 bits per heavy atom. The molecule has 6 nitrogen and oxygen atoms in total. The Morgan fingerprint density at radius 2 is 1.41 bits per heavy atom. The fraction of sp³-hybridized carbons (Fsp3) is 0.680. The molecule has 1 aromatic rings. The summed E-state index contributed by atoms with van der Waals surface area (Å²) in [5, 5.41) is 2.71. The second-order valence-corrected chi connectivity index (χ2v) is 15.7. The molecule has 1 rings (SSSR count). The van der Waals surface area contributed by atoms with Crippen LogP contribution in [0.1, 0.15) is 74.8 Å². The Hall–Kier alpha value is -1.86. The number of carbonyl (C=O) groups is 2. The summed E-state index contributed by atoms with van der Waals surface area (Å²) < 4.78 is 17.7. The van der Waals surface area contributed by atoms with Crippen LogP contribution in [-0.2, 0) is 25.3 Å². The van der Waals surface area contributed by atoms with Crippen LogP contribution in [0.3, 0.4) is 0 Å². The number of nitrogens with one attached hydrogen (secondary N) is 1. The van der Waals surface area contributed by atoms with Crippen molar-refractivity contribution in [2.24, 2.45) is 0 Å². The monoisotopic (exact) mass is 465 g/mol. The molecular formula is C25H43NO5Si. The Kier molecular flexibility index (Phi) is 10.4. The first-order valence-corrected chi connectivity index (χ1v) is 13.7. The second kappa shape index (κ2) is 11.8. The van der Waals surface area contributed by atoms with Crippen LogP contribution in [0.5, 0.6) is 0 Å². The number of amides is 1. The van der Waals surface area contributed by atoms with Crippen LogP contribution in [0.25, 0.3) is 0 Å². The average molecular weight is 466 g/mol. The molecule has 0 aromatic heterocycles. The van der Waals surface area contributed by atoms with E-state index in [1.54, 1.807) is 6.92 Å². The van der Waals surface area contributed by atoms with Crippen LogP contribution in [-0.4, -0.2) is 38.1 Å². The van der Waals surface area contributed by atoms with Crippen LogP contribution in [0.15, 0.2) is 30.3 Å². The molecule has 1 aromatic carbocycles. The lowest BCUT2D eigenvalue weighted by molar-refractivity contribution is -0.145. The van der Waals surface area contributed by atoms with E-state index in [1.165, 1.54) is 0 Å². The van der Waals surface area contributed by atoms with Crippen LogP contribution < -0.4 is 5.32 Å². The third-order valence-electron chi connectivity index (χ3n) is 5.73. The van der Waals surface area contributed by atoms with Gasteiger partial charge in [0, 0.05) is 0 Å². The fourth-order valence-corrected chi connectivity index (χ4v) is 9.66. The number of hydrogen-bond donors (Lipinski definition) is 1. The van der Waals surface area contributed by atoms with Crippen LogP contribution in [0, 0.1) is 0 Å². The van der Waals surface area contributed by atoms with Gasteiger partial charge in [-0.1, -0.05) is 71.9 Å². The van der Waals surface area contributed by atoms with Crippen molar-refractivity contribution in [2.45, 2.75) is 110 Å². The summed E-state index contributed by atoms with van der Waals surface area (Å²) in [6.45, 7) is 20.3. The van der Waals surface area contributed by atoms with Crippen molar-refractivity contribution in [1.29, 1.82) is 0 Å². The van der Waals surface area contributed by atoms with Gasteiger partial charge in [0.1, 0.15) is 6.61 Å². The van der Waals surface area contributed by atoms with Crippen molar-refractivity contribution in [2.75, 3.05) is 0 Å². The number of hydrogen-bond acceptors (Lipinski definition) is 5. The van der Waals surface area contributed by atoms with Gasteiger partial charge in [-0.15, -0.1) is 0 Å². The van der Waals surface area contributed by atoms with Gasteiger partial charge in [-0.2, -0.15) is 0 Å². The van der Waals surface area contributed by atoms with Gasteiger partial charge in [-0.25, -0.2) is 4.79 Å². The second-order valence-electron chi connectivity index (χ2n) is 10.4. The van der Waals surface area contributed by atoms with E-state index in [4.69, 9.17) is 13.9 Å². The molecule has 0 aliphatic carbocycles. The standard InChI is InChI=1S/C25H43NO5Si/c1-17(2)32(18(3)4,19(5)6)31-23(27)22(20(7)30-25(8,9)10)26-24(28)29-16-21-14-12-11-13-15-21/h11-15,17-20,22H,16H2,1-10H3,(H,26,28)/t20-,22+/m1/s1. The summed E-state index contributed by atoms with van der Waals surface area (Å²) in [5.74, 6) is -0.457. The Morgan fingerprint density at radius 3 is 1.84 bits per heavy atom. The lowest BCUT2D eigenvalue weighted by Crippen LogP contribution is -2.57. The molecule has 2 atom stereocenters. The number of ether oxygens (including phenoxy) is 2. The van der Waals surface area contributed by atoms with Crippen molar-refractivity contribution in [3.63, 3.8) is 0 Å². The van der Waals surface area contributed by atoms with Crippen molar-refractivity contribution >= 4 is 20.4 Å². The minimum absolute atomic E-state index is 0.117. The predicted molar refractivity (Wildman–Crippen MR) is 131 cm³/mol. The van der Waals surface area contributed by atoms with Crippen LogP contribution >= 0.6 is 0 Å². The highest BCUT2D eigenvalue weighted by Gasteiger charge is 2.49. The van der Waals surface area contributed by atoms with Crippen LogP contribution in [0.2, 0.25) is 16.6 Å². The third-order valence-corrected chi connectivity index (χ3v) is 11.7. The molecule has 32 heavy (non-hydrogen) atoms. The SMILES string of the molecule is CC(C)[Si](OC(=O)[C@@H](NC(=O)OCc1ccccc1)[C@@H](C)OC(C)(C)C)(C(C)C)C(C)C. The molecule has 0 saturated carbocycles. The van der Waals surface area contributed by atoms with Gasteiger partial charge in [0.25, 0.3) is 8.32 Å². The summed E-state index contributed by atoms with van der Waals surface area (Å²) >= 11 is 0. The summed E-state index contributed by atoms with van der Waals surface area (Å²) in [6, 6.07) is 8.43. The Bertz CT molecular complexity index is 706. The first kappa shape index (κ1) is 28.2. The molecular weight excluding hydrogens is 422 g/mol. The van der Waals surface area contributed by atoms with Crippen molar-refractivity contribution in [1.82, 2.24) is 5.32 Å². The number of benzene rings is 1. The first-order valence-electron chi connectivity index (χ1n) is 11.6. The number of rotatable bonds is 10. The molecule has 1 N–H and O–H groups in total. The van der Waals surface area contributed by atoms with Crippen molar-refractivity contribution in [3.05, 3.63) is 35.9 Å². The first-order chi connectivity index (χ1) is 14.7. The van der Waals surface area contributed by atoms with E-state index >= 15 is 0 Å². The quantitative estimate of drug-likeness (QED) is 0.416. The van der Waals surface area contributed by atoms with Gasteiger partial charge in [0.15, 0.2) is 6.04 Å². The fourth-order valence-electron chi connectivity index (χ4n) is 4.48. The molecule has 0 aliphatic rings. The van der Waals surface area contributed by atoms with Crippen molar-refractivity contribution < 1.29 is 23.5 Å². The molecule has 0 bridgehead atoms. The summed E-state index contributed by atoms with van der Waals surface area (Å²) in [5.41, 5.74) is 1.07. The molecule has 1 amide bonds. The molecule has 0 saturated heterocycles. The van der Waals surface area contributed by atoms with Gasteiger partial charge in [-0.05, 0) is 49.9 Å². The van der Waals surface area contributed by atoms with E-state index in [9.17, 15) is 9.59 Å². The molecule has 0 spiro atoms. The summed E-state index contributed by atoms with van der Waals surface area (Å²) in [7, 11) is -2.48. The van der Waals surface area contributed by atoms with E-state index < -0.39 is 38.1 Å². The average Bonchev–Trinajstić information content (AvgIpc) is 2.66. The lowest BCUT2D eigenvalue weighted by atomic mass is 10.1. The molecule has 0 fully saturated rings. The lowest BCUT2D eigenvalue weighted by Gasteiger charge is -2.42. The van der Waals surface area contributed by atoms with Gasteiger partial charge >= 0.3 is 12.1 Å². The van der Waals surface area contributed by atoms with E-state index in [0.29, 0.717) is 0 Å². The van der Waals surface area contributed by atoms with Gasteiger partial charge in [-0.3, -0.25) is 4.79 Å². The zero-order valence-electron chi connectivity index (χ0n) is 21.5. The van der Waals surface area contributed by atoms with Gasteiger partial charge in [0.05, 0.1) is 11.7 Å². The van der Waals surface area contributed by atoms with E-state index in [-0.39, 0.29) is 23.2 Å². The minimum atomic E-state index is -2.48. The molecule has 7 heteroatoms. The van der Waals surface area contributed by atoms with Crippen molar-refractivity contribution in [3.8, 4) is 0 Å². The number of carbonyl (C=O) groups excluding carboxylic acids is 2. The number of alkyl carbamates (subject to hydrolysis) is 1. The smallest absolute Gasteiger partial charge is 0.408 e. The van der Waals surface area contributed by atoms with Gasteiger partial charge in [0.2, 0.25) is 0 Å². The zero-order valence-corrected chi connectivity index (χ0v) is 22.5. The summed E-state index contributed by atoms with van der Waals surface area (Å²) in [4.78, 5) is 26.1.